The summed E-state index contributed by atoms with van der Waals surface area (Å²) in [5, 5.41) is 0.583. The van der Waals surface area contributed by atoms with Crippen molar-refractivity contribution in [1.82, 2.24) is 14.1 Å². The minimum atomic E-state index is -4.01. The molecule has 5 rings (SSSR count). The van der Waals surface area contributed by atoms with Gasteiger partial charge < -0.3 is 14.5 Å². The number of methoxy groups -OCH3 is 1. The number of aryl methyl sites for hydroxylation is 1. The highest BCUT2D eigenvalue weighted by Gasteiger charge is 2.53. The van der Waals surface area contributed by atoms with Crippen molar-refractivity contribution < 1.29 is 22.7 Å². The molecule has 0 N–H and O–H groups in total. The van der Waals surface area contributed by atoms with Gasteiger partial charge in [-0.3, -0.25) is 9.59 Å². The van der Waals surface area contributed by atoms with E-state index in [1.165, 1.54) is 16.3 Å². The Morgan fingerprint density at radius 1 is 1.09 bits per heavy atom. The van der Waals surface area contributed by atoms with Crippen molar-refractivity contribution in [2.75, 3.05) is 20.2 Å². The van der Waals surface area contributed by atoms with Gasteiger partial charge in [-0.15, -0.1) is 0 Å². The fourth-order valence-corrected chi connectivity index (χ4v) is 7.00. The summed E-state index contributed by atoms with van der Waals surface area (Å²) in [5.74, 6) is -0.0810. The molecule has 2 aliphatic heterocycles. The second kappa shape index (κ2) is 9.11. The number of ether oxygens (including phenoxy) is 1. The molecule has 2 aromatic carbocycles. The number of fused-ring (bicyclic) bond motifs is 1. The van der Waals surface area contributed by atoms with E-state index in [1.807, 2.05) is 19.1 Å². The Morgan fingerprint density at radius 3 is 2.46 bits per heavy atom. The molecule has 186 valence electrons. The highest BCUT2D eigenvalue weighted by atomic mass is 35.5. The van der Waals surface area contributed by atoms with Crippen LogP contribution >= 0.6 is 11.6 Å². The minimum Gasteiger partial charge on any atom is -0.495 e. The lowest BCUT2D eigenvalue weighted by atomic mass is 9.98. The van der Waals surface area contributed by atoms with Gasteiger partial charge in [0, 0.05) is 30.5 Å². The third-order valence-corrected chi connectivity index (χ3v) is 9.16. The number of benzene rings is 2. The van der Waals surface area contributed by atoms with Crippen LogP contribution in [0.1, 0.15) is 30.4 Å². The Kier molecular flexibility index (Phi) is 6.27. The highest BCUT2D eigenvalue weighted by molar-refractivity contribution is 7.89. The third-order valence-electron chi connectivity index (χ3n) is 6.99. The Morgan fingerprint density at radius 2 is 1.80 bits per heavy atom. The number of hydrogen-bond donors (Lipinski definition) is 0. The fourth-order valence-electron chi connectivity index (χ4n) is 5.06. The Hall–Kier alpha value is -2.62. The molecular weight excluding hydrogens is 490 g/mol. The minimum absolute atomic E-state index is 0.0116. The number of piperazine rings is 1. The van der Waals surface area contributed by atoms with Crippen LogP contribution in [-0.4, -0.2) is 72.8 Å². The number of carbonyl (C=O) groups is 2. The summed E-state index contributed by atoms with van der Waals surface area (Å²) in [6.07, 6.45) is 1.31. The topological polar surface area (TPSA) is 87.2 Å². The Labute approximate surface area is 210 Å². The summed E-state index contributed by atoms with van der Waals surface area (Å²) in [7, 11) is -2.57. The van der Waals surface area contributed by atoms with E-state index in [0.717, 1.165) is 24.0 Å². The summed E-state index contributed by atoms with van der Waals surface area (Å²) in [5.41, 5.74) is 1.64. The van der Waals surface area contributed by atoms with Gasteiger partial charge in [-0.25, -0.2) is 8.42 Å². The molecule has 2 atom stereocenters. The predicted molar refractivity (Wildman–Crippen MR) is 131 cm³/mol. The van der Waals surface area contributed by atoms with E-state index >= 15 is 0 Å². The van der Waals surface area contributed by atoms with Crippen LogP contribution in [0.5, 0.6) is 5.75 Å². The summed E-state index contributed by atoms with van der Waals surface area (Å²) in [6, 6.07) is 11.5. The van der Waals surface area contributed by atoms with Crippen LogP contribution in [0.4, 0.5) is 0 Å². The molecular formula is C25H28ClN3O5S. The summed E-state index contributed by atoms with van der Waals surface area (Å²) >= 11 is 6.03. The van der Waals surface area contributed by atoms with Gasteiger partial charge in [-0.2, -0.15) is 4.31 Å². The molecule has 3 aliphatic rings. The van der Waals surface area contributed by atoms with E-state index in [9.17, 15) is 18.0 Å². The van der Waals surface area contributed by atoms with Crippen LogP contribution in [0.3, 0.4) is 0 Å². The number of carbonyl (C=O) groups excluding carboxylic acids is 2. The van der Waals surface area contributed by atoms with Gasteiger partial charge >= 0.3 is 0 Å². The average Bonchev–Trinajstić information content (AvgIpc) is 3.67. The first-order valence-corrected chi connectivity index (χ1v) is 13.5. The van der Waals surface area contributed by atoms with Gasteiger partial charge in [-0.05, 0) is 55.2 Å². The Bertz CT molecular complexity index is 1260. The number of rotatable bonds is 6. The molecule has 2 amide bonds. The zero-order valence-corrected chi connectivity index (χ0v) is 21.3. The maximum absolute atomic E-state index is 13.9. The largest absolute Gasteiger partial charge is 0.495 e. The predicted octanol–water partition coefficient (Wildman–Crippen LogP) is 2.82. The molecule has 35 heavy (non-hydrogen) atoms. The second-order valence-electron chi connectivity index (χ2n) is 9.37. The molecule has 1 saturated carbocycles. The normalized spacial score (nSPS) is 23.4. The number of amides is 2. The fraction of sp³-hybridized carbons (Fsp3) is 0.440. The van der Waals surface area contributed by atoms with Crippen molar-refractivity contribution in [1.29, 1.82) is 0 Å². The molecule has 3 fully saturated rings. The summed E-state index contributed by atoms with van der Waals surface area (Å²) in [6.45, 7) is 2.04. The van der Waals surface area contributed by atoms with Crippen molar-refractivity contribution in [2.45, 2.75) is 55.8 Å². The van der Waals surface area contributed by atoms with Crippen LogP contribution in [0, 0.1) is 6.92 Å². The van der Waals surface area contributed by atoms with E-state index in [0.29, 0.717) is 11.4 Å². The van der Waals surface area contributed by atoms with E-state index in [-0.39, 0.29) is 48.0 Å². The standard InChI is InChI=1S/C25H28ClN3O5S/c1-16-3-10-21(34-2)22(13-16)35(32,33)28-12-11-24(30)29-20(14-17-4-6-18(26)7-5-17)25(31)27(15-23(28)29)19-8-9-19/h3-7,10,13,19-20,23H,8-9,11-12,14-15H2,1-2H3. The summed E-state index contributed by atoms with van der Waals surface area (Å²) < 4.78 is 34.6. The number of sulfonamides is 1. The molecule has 2 heterocycles. The maximum Gasteiger partial charge on any atom is 0.248 e. The summed E-state index contributed by atoms with van der Waals surface area (Å²) in [4.78, 5) is 30.1. The lowest BCUT2D eigenvalue weighted by Crippen LogP contribution is -2.71. The van der Waals surface area contributed by atoms with Gasteiger partial charge in [0.1, 0.15) is 22.9 Å². The van der Waals surface area contributed by atoms with E-state index in [2.05, 4.69) is 0 Å². The van der Waals surface area contributed by atoms with Crippen LogP contribution in [0.25, 0.3) is 0 Å². The van der Waals surface area contributed by atoms with Crippen molar-refractivity contribution in [2.24, 2.45) is 0 Å². The average molecular weight is 518 g/mol. The molecule has 10 heteroatoms. The quantitative estimate of drug-likeness (QED) is 0.588. The lowest BCUT2D eigenvalue weighted by molar-refractivity contribution is -0.165. The van der Waals surface area contributed by atoms with Gasteiger partial charge in [0.05, 0.1) is 13.7 Å². The van der Waals surface area contributed by atoms with E-state index in [1.54, 1.807) is 35.2 Å². The smallest absolute Gasteiger partial charge is 0.248 e. The zero-order chi connectivity index (χ0) is 24.9. The molecule has 0 radical (unpaired) electrons. The van der Waals surface area contributed by atoms with E-state index < -0.39 is 22.2 Å². The van der Waals surface area contributed by atoms with E-state index in [4.69, 9.17) is 16.3 Å². The second-order valence-corrected chi connectivity index (χ2v) is 11.7. The van der Waals surface area contributed by atoms with Gasteiger partial charge in [-0.1, -0.05) is 29.8 Å². The molecule has 2 unspecified atom stereocenters. The van der Waals surface area contributed by atoms with Crippen LogP contribution < -0.4 is 4.74 Å². The zero-order valence-electron chi connectivity index (χ0n) is 19.7. The first-order valence-electron chi connectivity index (χ1n) is 11.7. The van der Waals surface area contributed by atoms with Crippen LogP contribution in [0.15, 0.2) is 47.4 Å². The maximum atomic E-state index is 13.9. The molecule has 8 nitrogen and oxygen atoms in total. The first kappa shape index (κ1) is 24.1. The SMILES string of the molecule is COc1ccc(C)cc1S(=O)(=O)N1CCC(=O)N2C(Cc3ccc(Cl)cc3)C(=O)N(C3CC3)CC21. The first-order chi connectivity index (χ1) is 16.7. The monoisotopic (exact) mass is 517 g/mol. The van der Waals surface area contributed by atoms with Gasteiger partial charge in [0.2, 0.25) is 21.8 Å². The lowest BCUT2D eigenvalue weighted by Gasteiger charge is -2.52. The molecule has 0 aromatic heterocycles. The van der Waals surface area contributed by atoms with Crippen molar-refractivity contribution in [3.63, 3.8) is 0 Å². The molecule has 0 spiro atoms. The van der Waals surface area contributed by atoms with Crippen molar-refractivity contribution in [3.05, 3.63) is 58.6 Å². The van der Waals surface area contributed by atoms with Crippen molar-refractivity contribution >= 4 is 33.4 Å². The molecule has 2 aromatic rings. The van der Waals surface area contributed by atoms with Crippen molar-refractivity contribution in [3.8, 4) is 5.75 Å². The number of halogens is 1. The van der Waals surface area contributed by atoms with Crippen LogP contribution in [0.2, 0.25) is 5.02 Å². The number of hydrogen-bond acceptors (Lipinski definition) is 5. The van der Waals surface area contributed by atoms with Gasteiger partial charge in [0.25, 0.3) is 0 Å². The third kappa shape index (κ3) is 4.41. The van der Waals surface area contributed by atoms with Gasteiger partial charge in [0.15, 0.2) is 0 Å². The molecule has 0 bridgehead atoms. The van der Waals surface area contributed by atoms with Crippen LogP contribution in [-0.2, 0) is 26.0 Å². The number of nitrogens with zero attached hydrogens (tertiary/aromatic N) is 3. The molecule has 2 saturated heterocycles. The molecule has 1 aliphatic carbocycles. The Balaban J connectivity index is 1.55. The highest BCUT2D eigenvalue weighted by Crippen LogP contribution is 2.38.